The summed E-state index contributed by atoms with van der Waals surface area (Å²) in [6.07, 6.45) is -0.0256. The molecule has 2 N–H and O–H groups in total. The van der Waals surface area contributed by atoms with Crippen molar-refractivity contribution in [2.24, 2.45) is 0 Å². The predicted octanol–water partition coefficient (Wildman–Crippen LogP) is 2.12. The smallest absolute Gasteiger partial charge is 0.307 e. The molecule has 0 fully saturated rings. The molecule has 0 aliphatic rings. The average molecular weight is 249 g/mol. The van der Waals surface area contributed by atoms with Crippen LogP contribution in [0.2, 0.25) is 0 Å². The highest BCUT2D eigenvalue weighted by molar-refractivity contribution is 5.93. The predicted molar refractivity (Wildman–Crippen MR) is 67.5 cm³/mol. The number of methoxy groups -OCH3 is 2. The van der Waals surface area contributed by atoms with Crippen molar-refractivity contribution < 1.29 is 19.4 Å². The number of carboxylic acids is 1. The van der Waals surface area contributed by atoms with Crippen molar-refractivity contribution in [2.75, 3.05) is 14.2 Å². The van der Waals surface area contributed by atoms with Gasteiger partial charge in [0.1, 0.15) is 11.5 Å². The van der Waals surface area contributed by atoms with E-state index in [1.54, 1.807) is 20.3 Å². The molecule has 5 heteroatoms. The molecule has 2 rings (SSSR count). The van der Waals surface area contributed by atoms with Gasteiger partial charge in [0.05, 0.1) is 26.2 Å². The summed E-state index contributed by atoms with van der Waals surface area (Å²) < 4.78 is 10.5. The maximum atomic E-state index is 10.9. The summed E-state index contributed by atoms with van der Waals surface area (Å²) in [6.45, 7) is 1.85. The third-order valence-electron chi connectivity index (χ3n) is 2.95. The van der Waals surface area contributed by atoms with Gasteiger partial charge in [0.15, 0.2) is 0 Å². The fraction of sp³-hybridized carbons (Fsp3) is 0.308. The van der Waals surface area contributed by atoms with Gasteiger partial charge >= 0.3 is 5.97 Å². The van der Waals surface area contributed by atoms with E-state index in [9.17, 15) is 4.79 Å². The Morgan fingerprint density at radius 2 is 2.06 bits per heavy atom. The van der Waals surface area contributed by atoms with E-state index in [1.807, 2.05) is 13.0 Å². The van der Waals surface area contributed by atoms with Gasteiger partial charge in [-0.25, -0.2) is 0 Å². The number of ether oxygens (including phenoxy) is 2. The largest absolute Gasteiger partial charge is 0.497 e. The van der Waals surface area contributed by atoms with E-state index in [4.69, 9.17) is 14.6 Å². The Morgan fingerprint density at radius 1 is 1.33 bits per heavy atom. The maximum Gasteiger partial charge on any atom is 0.307 e. The zero-order valence-corrected chi connectivity index (χ0v) is 10.5. The van der Waals surface area contributed by atoms with Crippen LogP contribution in [0, 0.1) is 6.92 Å². The first-order valence-electron chi connectivity index (χ1n) is 5.51. The van der Waals surface area contributed by atoms with Crippen molar-refractivity contribution in [3.05, 3.63) is 23.4 Å². The van der Waals surface area contributed by atoms with Crippen LogP contribution < -0.4 is 9.47 Å². The lowest BCUT2D eigenvalue weighted by Gasteiger charge is -2.06. The molecule has 0 unspecified atom stereocenters. The van der Waals surface area contributed by atoms with Gasteiger partial charge in [0.2, 0.25) is 0 Å². The second-order valence-corrected chi connectivity index (χ2v) is 4.05. The van der Waals surface area contributed by atoms with Gasteiger partial charge in [-0.1, -0.05) is 0 Å². The molecule has 0 amide bonds. The highest BCUT2D eigenvalue weighted by atomic mass is 16.5. The molecule has 1 heterocycles. The van der Waals surface area contributed by atoms with Gasteiger partial charge < -0.3 is 19.6 Å². The van der Waals surface area contributed by atoms with Crippen LogP contribution in [-0.2, 0) is 11.2 Å². The van der Waals surface area contributed by atoms with E-state index in [2.05, 4.69) is 4.98 Å². The van der Waals surface area contributed by atoms with E-state index in [1.165, 1.54) is 0 Å². The highest BCUT2D eigenvalue weighted by Crippen LogP contribution is 2.34. The van der Waals surface area contributed by atoms with E-state index in [0.717, 1.165) is 22.2 Å². The maximum absolute atomic E-state index is 10.9. The molecule has 0 bridgehead atoms. The number of carboxylic acid groups (broad SMARTS) is 1. The van der Waals surface area contributed by atoms with Crippen LogP contribution in [0.15, 0.2) is 12.1 Å². The molecule has 5 nitrogen and oxygen atoms in total. The molecule has 0 aliphatic heterocycles. The standard InChI is InChI=1S/C13H15NO4/c1-7-9(6-12(15)16)10-4-8(17-2)5-11(18-3)13(10)14-7/h4-5,14H,6H2,1-3H3,(H,15,16). The van der Waals surface area contributed by atoms with E-state index in [0.29, 0.717) is 11.5 Å². The third kappa shape index (κ3) is 1.99. The van der Waals surface area contributed by atoms with Crippen LogP contribution in [0.5, 0.6) is 11.5 Å². The summed E-state index contributed by atoms with van der Waals surface area (Å²) >= 11 is 0. The summed E-state index contributed by atoms with van der Waals surface area (Å²) in [4.78, 5) is 14.1. The Kier molecular flexibility index (Phi) is 3.14. The lowest BCUT2D eigenvalue weighted by molar-refractivity contribution is -0.136. The molecule has 0 radical (unpaired) electrons. The molecule has 96 valence electrons. The number of aryl methyl sites for hydroxylation is 1. The van der Waals surface area contributed by atoms with Crippen LogP contribution in [0.1, 0.15) is 11.3 Å². The normalized spacial score (nSPS) is 10.6. The van der Waals surface area contributed by atoms with Crippen LogP contribution in [0.3, 0.4) is 0 Å². The van der Waals surface area contributed by atoms with E-state index < -0.39 is 5.97 Å². The molecule has 0 aliphatic carbocycles. The van der Waals surface area contributed by atoms with E-state index >= 15 is 0 Å². The van der Waals surface area contributed by atoms with Crippen molar-refractivity contribution in [2.45, 2.75) is 13.3 Å². The van der Waals surface area contributed by atoms with Gasteiger partial charge in [-0.15, -0.1) is 0 Å². The summed E-state index contributed by atoms with van der Waals surface area (Å²) in [5.74, 6) is 0.426. The van der Waals surface area contributed by atoms with Crippen LogP contribution >= 0.6 is 0 Å². The number of carbonyl (C=O) groups is 1. The molecule has 0 spiro atoms. The van der Waals surface area contributed by atoms with Crippen molar-refractivity contribution in [3.8, 4) is 11.5 Å². The molecular weight excluding hydrogens is 234 g/mol. The number of nitrogens with one attached hydrogen (secondary N) is 1. The number of aromatic nitrogens is 1. The zero-order valence-electron chi connectivity index (χ0n) is 10.5. The van der Waals surface area contributed by atoms with Crippen molar-refractivity contribution in [1.29, 1.82) is 0 Å². The molecular formula is C13H15NO4. The quantitative estimate of drug-likeness (QED) is 0.870. The van der Waals surface area contributed by atoms with Gasteiger partial charge in [0, 0.05) is 17.1 Å². The van der Waals surface area contributed by atoms with Gasteiger partial charge in [-0.3, -0.25) is 4.79 Å². The van der Waals surface area contributed by atoms with Crippen LogP contribution in [-0.4, -0.2) is 30.3 Å². The number of rotatable bonds is 4. The van der Waals surface area contributed by atoms with E-state index in [-0.39, 0.29) is 6.42 Å². The number of hydrogen-bond acceptors (Lipinski definition) is 3. The number of fused-ring (bicyclic) bond motifs is 1. The first-order chi connectivity index (χ1) is 8.56. The second kappa shape index (κ2) is 4.60. The Labute approximate surface area is 104 Å². The molecule has 2 aromatic rings. The summed E-state index contributed by atoms with van der Waals surface area (Å²) in [5.41, 5.74) is 2.39. The minimum absolute atomic E-state index is 0.0256. The van der Waals surface area contributed by atoms with Gasteiger partial charge in [-0.2, -0.15) is 0 Å². The first-order valence-corrected chi connectivity index (χ1v) is 5.51. The van der Waals surface area contributed by atoms with Gasteiger partial charge in [0.25, 0.3) is 0 Å². The van der Waals surface area contributed by atoms with Crippen LogP contribution in [0.25, 0.3) is 10.9 Å². The van der Waals surface area contributed by atoms with Crippen molar-refractivity contribution in [1.82, 2.24) is 4.98 Å². The highest BCUT2D eigenvalue weighted by Gasteiger charge is 2.16. The monoisotopic (exact) mass is 249 g/mol. The zero-order chi connectivity index (χ0) is 13.3. The Hall–Kier alpha value is -2.17. The molecule has 0 saturated carbocycles. The summed E-state index contributed by atoms with van der Waals surface area (Å²) in [5, 5.41) is 9.77. The SMILES string of the molecule is COc1cc(OC)c2[nH]c(C)c(CC(=O)O)c2c1. The number of H-pyrrole nitrogens is 1. The Morgan fingerprint density at radius 3 is 2.61 bits per heavy atom. The second-order valence-electron chi connectivity index (χ2n) is 4.05. The number of aliphatic carboxylic acids is 1. The molecule has 18 heavy (non-hydrogen) atoms. The Bertz CT molecular complexity index is 601. The average Bonchev–Trinajstić information content (AvgIpc) is 2.64. The topological polar surface area (TPSA) is 71.5 Å². The fourth-order valence-electron chi connectivity index (χ4n) is 2.08. The third-order valence-corrected chi connectivity index (χ3v) is 2.95. The molecule has 1 aromatic heterocycles. The minimum atomic E-state index is -0.860. The molecule has 0 atom stereocenters. The Balaban J connectivity index is 2.71. The van der Waals surface area contributed by atoms with Crippen molar-refractivity contribution in [3.63, 3.8) is 0 Å². The van der Waals surface area contributed by atoms with Gasteiger partial charge in [-0.05, 0) is 18.6 Å². The lowest BCUT2D eigenvalue weighted by atomic mass is 10.1. The molecule has 1 aromatic carbocycles. The fourth-order valence-corrected chi connectivity index (χ4v) is 2.08. The number of hydrogen-bond donors (Lipinski definition) is 2. The first kappa shape index (κ1) is 12.3. The number of benzene rings is 1. The van der Waals surface area contributed by atoms with Crippen LogP contribution in [0.4, 0.5) is 0 Å². The minimum Gasteiger partial charge on any atom is -0.497 e. The lowest BCUT2D eigenvalue weighted by Crippen LogP contribution is -2.00. The number of aromatic amines is 1. The molecule has 0 saturated heterocycles. The summed E-state index contributed by atoms with van der Waals surface area (Å²) in [6, 6.07) is 3.59. The van der Waals surface area contributed by atoms with Crippen molar-refractivity contribution >= 4 is 16.9 Å². The summed E-state index contributed by atoms with van der Waals surface area (Å²) in [7, 11) is 3.14.